The van der Waals surface area contributed by atoms with Gasteiger partial charge in [-0.2, -0.15) is 5.26 Å². The highest BCUT2D eigenvalue weighted by atomic mass is 16.5. The summed E-state index contributed by atoms with van der Waals surface area (Å²) in [7, 11) is 0. The molecule has 0 N–H and O–H groups in total. The number of ether oxygens (including phenoxy) is 1. The van der Waals surface area contributed by atoms with Crippen LogP contribution in [0.1, 0.15) is 19.3 Å². The Morgan fingerprint density at radius 3 is 3.00 bits per heavy atom. The average molecular weight is 180 g/mol. The predicted molar refractivity (Wildman–Crippen MR) is 49.2 cm³/mol. The van der Waals surface area contributed by atoms with Crippen molar-refractivity contribution in [2.24, 2.45) is 5.41 Å². The summed E-state index contributed by atoms with van der Waals surface area (Å²) in [5, 5.41) is 8.51. The van der Waals surface area contributed by atoms with Gasteiger partial charge in [0.1, 0.15) is 0 Å². The van der Waals surface area contributed by atoms with E-state index in [-0.39, 0.29) is 0 Å². The molecule has 1 saturated carbocycles. The normalized spacial score (nSPS) is 26.7. The number of nitrogens with zero attached hydrogens (tertiary/aromatic N) is 2. The Kier molecular flexibility index (Phi) is 2.52. The minimum atomic E-state index is 0.478. The smallest absolute Gasteiger partial charge is 0.0635 e. The lowest BCUT2D eigenvalue weighted by atomic mass is 10.1. The zero-order valence-corrected chi connectivity index (χ0v) is 7.96. The van der Waals surface area contributed by atoms with E-state index in [9.17, 15) is 0 Å². The third-order valence-corrected chi connectivity index (χ3v) is 3.02. The highest BCUT2D eigenvalue weighted by Gasteiger charge is 2.44. The van der Waals surface area contributed by atoms with E-state index in [0.29, 0.717) is 11.8 Å². The summed E-state index contributed by atoms with van der Waals surface area (Å²) < 4.78 is 5.56. The molecule has 1 saturated heterocycles. The molecule has 0 bridgehead atoms. The van der Waals surface area contributed by atoms with Gasteiger partial charge in [0.25, 0.3) is 0 Å². The van der Waals surface area contributed by atoms with Gasteiger partial charge >= 0.3 is 0 Å². The lowest BCUT2D eigenvalue weighted by molar-refractivity contribution is 0.115. The van der Waals surface area contributed by atoms with Gasteiger partial charge in [-0.15, -0.1) is 0 Å². The van der Waals surface area contributed by atoms with Crippen molar-refractivity contribution in [3.8, 4) is 6.07 Å². The third-order valence-electron chi connectivity index (χ3n) is 3.02. The largest absolute Gasteiger partial charge is 0.379 e. The van der Waals surface area contributed by atoms with Gasteiger partial charge < -0.3 is 4.74 Å². The molecule has 72 valence electrons. The van der Waals surface area contributed by atoms with Crippen molar-refractivity contribution < 1.29 is 4.74 Å². The third kappa shape index (κ3) is 2.20. The molecular formula is C10H16N2O. The summed E-state index contributed by atoms with van der Waals surface area (Å²) in [6.45, 7) is 4.85. The van der Waals surface area contributed by atoms with Crippen LogP contribution in [-0.4, -0.2) is 37.7 Å². The van der Waals surface area contributed by atoms with Gasteiger partial charge in [-0.1, -0.05) is 0 Å². The van der Waals surface area contributed by atoms with Crippen LogP contribution in [0.25, 0.3) is 0 Å². The van der Waals surface area contributed by atoms with Gasteiger partial charge in [0.2, 0.25) is 0 Å². The Hall–Kier alpha value is -0.590. The topological polar surface area (TPSA) is 36.3 Å². The molecule has 1 aliphatic heterocycles. The van der Waals surface area contributed by atoms with Crippen LogP contribution < -0.4 is 0 Å². The van der Waals surface area contributed by atoms with Crippen LogP contribution in [-0.2, 0) is 4.74 Å². The van der Waals surface area contributed by atoms with Crippen molar-refractivity contribution >= 4 is 0 Å². The van der Waals surface area contributed by atoms with E-state index >= 15 is 0 Å². The average Bonchev–Trinajstić information content (AvgIpc) is 2.92. The van der Waals surface area contributed by atoms with Crippen LogP contribution >= 0.6 is 0 Å². The molecule has 0 aromatic carbocycles. The zero-order chi connectivity index (χ0) is 9.15. The summed E-state index contributed by atoms with van der Waals surface area (Å²) in [4.78, 5) is 2.38. The standard InChI is InChI=1S/C10H16N2O/c11-4-1-5-12-6-7-13-9-10(8-12)2-3-10/h1-3,5-9H2. The van der Waals surface area contributed by atoms with Crippen molar-refractivity contribution in [3.63, 3.8) is 0 Å². The number of hydrogen-bond donors (Lipinski definition) is 0. The molecule has 1 heterocycles. The molecule has 2 fully saturated rings. The van der Waals surface area contributed by atoms with Crippen molar-refractivity contribution in [1.82, 2.24) is 4.90 Å². The van der Waals surface area contributed by atoms with Gasteiger partial charge in [-0.3, -0.25) is 4.90 Å². The second kappa shape index (κ2) is 3.65. The van der Waals surface area contributed by atoms with E-state index in [0.717, 1.165) is 32.8 Å². The second-order valence-electron chi connectivity index (χ2n) is 4.24. The molecule has 0 unspecified atom stereocenters. The summed E-state index contributed by atoms with van der Waals surface area (Å²) in [5.74, 6) is 0. The summed E-state index contributed by atoms with van der Waals surface area (Å²) >= 11 is 0. The first-order chi connectivity index (χ1) is 6.35. The van der Waals surface area contributed by atoms with E-state index in [1.54, 1.807) is 0 Å². The van der Waals surface area contributed by atoms with Crippen LogP contribution in [0.2, 0.25) is 0 Å². The fourth-order valence-electron chi connectivity index (χ4n) is 1.96. The van der Waals surface area contributed by atoms with E-state index in [2.05, 4.69) is 11.0 Å². The van der Waals surface area contributed by atoms with Crippen molar-refractivity contribution in [2.45, 2.75) is 19.3 Å². The minimum absolute atomic E-state index is 0.478. The Bertz CT molecular complexity index is 217. The van der Waals surface area contributed by atoms with E-state index in [4.69, 9.17) is 10.00 Å². The molecule has 0 aromatic heterocycles. The van der Waals surface area contributed by atoms with Crippen molar-refractivity contribution in [2.75, 3.05) is 32.8 Å². The van der Waals surface area contributed by atoms with E-state index in [1.807, 2.05) is 0 Å². The molecule has 3 nitrogen and oxygen atoms in total. The maximum Gasteiger partial charge on any atom is 0.0635 e. The molecule has 2 rings (SSSR count). The highest BCUT2D eigenvalue weighted by molar-refractivity contribution is 4.96. The SMILES string of the molecule is N#CCCN1CCOCC2(CC2)C1. The van der Waals surface area contributed by atoms with Crippen LogP contribution in [0.15, 0.2) is 0 Å². The molecule has 13 heavy (non-hydrogen) atoms. The van der Waals surface area contributed by atoms with E-state index < -0.39 is 0 Å². The number of nitriles is 1. The maximum absolute atomic E-state index is 8.51. The fourth-order valence-corrected chi connectivity index (χ4v) is 1.96. The lowest BCUT2D eigenvalue weighted by Crippen LogP contribution is -2.31. The predicted octanol–water partition coefficient (Wildman–Crippen LogP) is 1.01. The zero-order valence-electron chi connectivity index (χ0n) is 7.96. The van der Waals surface area contributed by atoms with Crippen LogP contribution in [0, 0.1) is 16.7 Å². The second-order valence-corrected chi connectivity index (χ2v) is 4.24. The first-order valence-corrected chi connectivity index (χ1v) is 5.02. The lowest BCUT2D eigenvalue weighted by Gasteiger charge is -2.21. The minimum Gasteiger partial charge on any atom is -0.379 e. The summed E-state index contributed by atoms with van der Waals surface area (Å²) in [6.07, 6.45) is 3.28. The van der Waals surface area contributed by atoms with Crippen LogP contribution in [0.5, 0.6) is 0 Å². The van der Waals surface area contributed by atoms with Gasteiger partial charge in [-0.05, 0) is 12.8 Å². The molecule has 0 radical (unpaired) electrons. The van der Waals surface area contributed by atoms with Gasteiger partial charge in [-0.25, -0.2) is 0 Å². The molecule has 1 spiro atoms. The monoisotopic (exact) mass is 180 g/mol. The summed E-state index contributed by atoms with van der Waals surface area (Å²) in [5.41, 5.74) is 0.478. The van der Waals surface area contributed by atoms with Gasteiger partial charge in [0, 0.05) is 31.5 Å². The summed E-state index contributed by atoms with van der Waals surface area (Å²) in [6, 6.07) is 2.20. The molecule has 1 aliphatic carbocycles. The molecule has 0 aromatic rings. The number of hydrogen-bond acceptors (Lipinski definition) is 3. The fraction of sp³-hybridized carbons (Fsp3) is 0.900. The Morgan fingerprint density at radius 2 is 2.31 bits per heavy atom. The Balaban J connectivity index is 1.85. The molecule has 0 amide bonds. The molecule has 2 aliphatic rings. The Labute approximate surface area is 79.3 Å². The van der Waals surface area contributed by atoms with Crippen LogP contribution in [0.3, 0.4) is 0 Å². The van der Waals surface area contributed by atoms with Crippen LogP contribution in [0.4, 0.5) is 0 Å². The molecule has 0 atom stereocenters. The maximum atomic E-state index is 8.51. The quantitative estimate of drug-likeness (QED) is 0.636. The van der Waals surface area contributed by atoms with Gasteiger partial charge in [0.05, 0.1) is 19.3 Å². The number of rotatable bonds is 2. The van der Waals surface area contributed by atoms with Crippen molar-refractivity contribution in [1.29, 1.82) is 5.26 Å². The van der Waals surface area contributed by atoms with E-state index in [1.165, 1.54) is 12.8 Å². The molecule has 3 heteroatoms. The van der Waals surface area contributed by atoms with Gasteiger partial charge in [0.15, 0.2) is 0 Å². The molecular weight excluding hydrogens is 164 g/mol. The Morgan fingerprint density at radius 1 is 1.46 bits per heavy atom. The highest BCUT2D eigenvalue weighted by Crippen LogP contribution is 2.47. The van der Waals surface area contributed by atoms with Crippen molar-refractivity contribution in [3.05, 3.63) is 0 Å². The first kappa shape index (κ1) is 8.98. The first-order valence-electron chi connectivity index (χ1n) is 5.02.